The summed E-state index contributed by atoms with van der Waals surface area (Å²) >= 11 is 5.92. The number of nitrogens with zero attached hydrogens (tertiary/aromatic N) is 1. The van der Waals surface area contributed by atoms with Gasteiger partial charge >= 0.3 is 0 Å². The highest BCUT2D eigenvalue weighted by atomic mass is 35.5. The van der Waals surface area contributed by atoms with Gasteiger partial charge in [-0.05, 0) is 54.4 Å². The number of benzene rings is 2. The van der Waals surface area contributed by atoms with Crippen molar-refractivity contribution in [1.29, 1.82) is 0 Å². The third kappa shape index (κ3) is 5.72. The molecule has 0 spiro atoms. The van der Waals surface area contributed by atoms with E-state index in [4.69, 9.17) is 21.1 Å². The highest BCUT2D eigenvalue weighted by Crippen LogP contribution is 2.22. The van der Waals surface area contributed by atoms with E-state index >= 15 is 0 Å². The van der Waals surface area contributed by atoms with Gasteiger partial charge in [0, 0.05) is 17.3 Å². The van der Waals surface area contributed by atoms with Crippen molar-refractivity contribution in [1.82, 2.24) is 10.3 Å². The minimum absolute atomic E-state index is 0.0649. The number of amides is 1. The van der Waals surface area contributed by atoms with Gasteiger partial charge in [-0.3, -0.25) is 4.79 Å². The molecule has 3 aromatic rings. The number of carbonyl (C=O) groups excluding carboxylic acids is 1. The Morgan fingerprint density at radius 3 is 2.39 bits per heavy atom. The second-order valence-electron chi connectivity index (χ2n) is 6.11. The molecule has 144 valence electrons. The molecule has 0 aliphatic rings. The summed E-state index contributed by atoms with van der Waals surface area (Å²) in [7, 11) is 0. The van der Waals surface area contributed by atoms with Crippen LogP contribution in [0.3, 0.4) is 0 Å². The topological polar surface area (TPSA) is 60.5 Å². The molecule has 2 aromatic carbocycles. The highest BCUT2D eigenvalue weighted by Gasteiger charge is 2.13. The van der Waals surface area contributed by atoms with E-state index in [-0.39, 0.29) is 18.6 Å². The predicted octanol–water partition coefficient (Wildman–Crippen LogP) is 5.17. The number of ether oxygens (including phenoxy) is 2. The zero-order valence-electron chi connectivity index (χ0n) is 15.5. The maximum atomic E-state index is 12.2. The number of nitrogens with one attached hydrogen (secondary N) is 1. The van der Waals surface area contributed by atoms with Crippen molar-refractivity contribution in [3.05, 3.63) is 83.5 Å². The van der Waals surface area contributed by atoms with E-state index in [1.165, 1.54) is 0 Å². The molecule has 0 aliphatic heterocycles. The van der Waals surface area contributed by atoms with Crippen LogP contribution in [0.5, 0.6) is 17.4 Å². The van der Waals surface area contributed by atoms with E-state index in [1.807, 2.05) is 43.3 Å². The Morgan fingerprint density at radius 2 is 1.75 bits per heavy atom. The maximum absolute atomic E-state index is 12.2. The molecular formula is C22H21ClN2O3. The highest BCUT2D eigenvalue weighted by molar-refractivity contribution is 6.30. The van der Waals surface area contributed by atoms with Crippen LogP contribution in [0.2, 0.25) is 5.02 Å². The van der Waals surface area contributed by atoms with E-state index in [2.05, 4.69) is 10.3 Å². The molecule has 1 atom stereocenters. The van der Waals surface area contributed by atoms with Gasteiger partial charge in [0.15, 0.2) is 6.61 Å². The van der Waals surface area contributed by atoms with Crippen LogP contribution in [0.1, 0.15) is 24.9 Å². The predicted molar refractivity (Wildman–Crippen MR) is 109 cm³/mol. The first-order chi connectivity index (χ1) is 13.6. The Labute approximate surface area is 169 Å². The van der Waals surface area contributed by atoms with Crippen LogP contribution in [0, 0.1) is 0 Å². The molecular weight excluding hydrogens is 376 g/mol. The molecule has 3 rings (SSSR count). The Kier molecular flexibility index (Phi) is 6.87. The molecule has 0 saturated carbocycles. The van der Waals surface area contributed by atoms with E-state index in [9.17, 15) is 4.79 Å². The van der Waals surface area contributed by atoms with Crippen molar-refractivity contribution in [2.75, 3.05) is 6.61 Å². The average molecular weight is 397 g/mol. The number of carbonyl (C=O) groups is 1. The molecule has 0 bridgehead atoms. The average Bonchev–Trinajstić information content (AvgIpc) is 2.73. The van der Waals surface area contributed by atoms with Gasteiger partial charge < -0.3 is 14.8 Å². The third-order valence-corrected chi connectivity index (χ3v) is 4.32. The lowest BCUT2D eigenvalue weighted by Crippen LogP contribution is -2.32. The molecule has 0 radical (unpaired) electrons. The molecule has 6 heteroatoms. The second-order valence-corrected chi connectivity index (χ2v) is 6.55. The quantitative estimate of drug-likeness (QED) is 0.570. The zero-order valence-corrected chi connectivity index (χ0v) is 16.2. The normalized spacial score (nSPS) is 11.5. The number of pyridine rings is 1. The van der Waals surface area contributed by atoms with Crippen LogP contribution in [0.25, 0.3) is 0 Å². The van der Waals surface area contributed by atoms with Crippen molar-refractivity contribution >= 4 is 17.5 Å². The first-order valence-electron chi connectivity index (χ1n) is 9.00. The lowest BCUT2D eigenvalue weighted by Gasteiger charge is -2.18. The molecule has 1 aromatic heterocycles. The SMILES string of the molecule is CC[C@@H](NC(=O)COc1ccc(Oc2ccccn2)cc1)c1ccc(Cl)cc1. The Hall–Kier alpha value is -3.05. The largest absolute Gasteiger partial charge is 0.484 e. The molecule has 1 N–H and O–H groups in total. The molecule has 1 amide bonds. The summed E-state index contributed by atoms with van der Waals surface area (Å²) in [5, 5.41) is 3.65. The number of rotatable bonds is 8. The van der Waals surface area contributed by atoms with E-state index < -0.39 is 0 Å². The van der Waals surface area contributed by atoms with Crippen molar-refractivity contribution in [2.24, 2.45) is 0 Å². The fourth-order valence-electron chi connectivity index (χ4n) is 2.63. The van der Waals surface area contributed by atoms with Gasteiger partial charge in [-0.2, -0.15) is 0 Å². The molecule has 0 saturated heterocycles. The van der Waals surface area contributed by atoms with E-state index in [1.54, 1.807) is 36.5 Å². The van der Waals surface area contributed by atoms with Gasteiger partial charge in [-0.15, -0.1) is 0 Å². The molecule has 1 heterocycles. The van der Waals surface area contributed by atoms with Crippen LogP contribution in [-0.2, 0) is 4.79 Å². The first kappa shape index (κ1) is 19.7. The standard InChI is InChI=1S/C22H21ClN2O3/c1-2-20(16-6-8-17(23)9-7-16)25-21(26)15-27-18-10-12-19(13-11-18)28-22-5-3-4-14-24-22/h3-14,20H,2,15H2,1H3,(H,25,26)/t20-/m1/s1. The van der Waals surface area contributed by atoms with Gasteiger partial charge in [0.25, 0.3) is 5.91 Å². The van der Waals surface area contributed by atoms with Crippen LogP contribution >= 0.6 is 11.6 Å². The lowest BCUT2D eigenvalue weighted by molar-refractivity contribution is -0.123. The van der Waals surface area contributed by atoms with Crippen LogP contribution in [0.15, 0.2) is 72.9 Å². The van der Waals surface area contributed by atoms with Crippen molar-refractivity contribution in [3.63, 3.8) is 0 Å². The molecule has 28 heavy (non-hydrogen) atoms. The Morgan fingerprint density at radius 1 is 1.04 bits per heavy atom. The zero-order chi connectivity index (χ0) is 19.8. The third-order valence-electron chi connectivity index (χ3n) is 4.07. The van der Waals surface area contributed by atoms with Crippen LogP contribution in [0.4, 0.5) is 0 Å². The van der Waals surface area contributed by atoms with Gasteiger partial charge in [0.05, 0.1) is 6.04 Å². The van der Waals surface area contributed by atoms with Gasteiger partial charge in [0.1, 0.15) is 11.5 Å². The number of halogens is 1. The van der Waals surface area contributed by atoms with Crippen molar-refractivity contribution in [2.45, 2.75) is 19.4 Å². The summed E-state index contributed by atoms with van der Waals surface area (Å²) in [5.41, 5.74) is 1.01. The smallest absolute Gasteiger partial charge is 0.258 e. The molecule has 0 fully saturated rings. The van der Waals surface area contributed by atoms with E-state index in [0.717, 1.165) is 12.0 Å². The summed E-state index contributed by atoms with van der Waals surface area (Å²) < 4.78 is 11.2. The fourth-order valence-corrected chi connectivity index (χ4v) is 2.76. The molecule has 0 aliphatic carbocycles. The van der Waals surface area contributed by atoms with Gasteiger partial charge in [-0.1, -0.05) is 36.7 Å². The van der Waals surface area contributed by atoms with E-state index in [0.29, 0.717) is 22.4 Å². The fraction of sp³-hybridized carbons (Fsp3) is 0.182. The molecule has 5 nitrogen and oxygen atoms in total. The lowest BCUT2D eigenvalue weighted by atomic mass is 10.0. The summed E-state index contributed by atoms with van der Waals surface area (Å²) in [6.07, 6.45) is 2.44. The first-order valence-corrected chi connectivity index (χ1v) is 9.38. The maximum Gasteiger partial charge on any atom is 0.258 e. The molecule has 0 unspecified atom stereocenters. The van der Waals surface area contributed by atoms with Crippen LogP contribution < -0.4 is 14.8 Å². The Bertz CT molecular complexity index is 884. The van der Waals surface area contributed by atoms with Crippen molar-refractivity contribution in [3.8, 4) is 17.4 Å². The monoisotopic (exact) mass is 396 g/mol. The Balaban J connectivity index is 1.50. The summed E-state index contributed by atoms with van der Waals surface area (Å²) in [6, 6.07) is 19.9. The number of aromatic nitrogens is 1. The minimum Gasteiger partial charge on any atom is -0.484 e. The second kappa shape index (κ2) is 9.76. The van der Waals surface area contributed by atoms with Crippen molar-refractivity contribution < 1.29 is 14.3 Å². The number of hydrogen-bond donors (Lipinski definition) is 1. The number of hydrogen-bond acceptors (Lipinski definition) is 4. The summed E-state index contributed by atoms with van der Waals surface area (Å²) in [6.45, 7) is 1.95. The van der Waals surface area contributed by atoms with Gasteiger partial charge in [-0.25, -0.2) is 4.98 Å². The summed E-state index contributed by atoms with van der Waals surface area (Å²) in [5.74, 6) is 1.56. The minimum atomic E-state index is -0.185. The van der Waals surface area contributed by atoms with Crippen LogP contribution in [-0.4, -0.2) is 17.5 Å². The summed E-state index contributed by atoms with van der Waals surface area (Å²) in [4.78, 5) is 16.3. The van der Waals surface area contributed by atoms with Gasteiger partial charge in [0.2, 0.25) is 5.88 Å².